The van der Waals surface area contributed by atoms with Crippen molar-refractivity contribution in [2.24, 2.45) is 0 Å². The number of nitrogens with zero attached hydrogens (tertiary/aromatic N) is 3. The van der Waals surface area contributed by atoms with Crippen molar-refractivity contribution in [3.05, 3.63) is 57.4 Å². The maximum Gasteiger partial charge on any atom is 0.272 e. The standard InChI is InChI=1S/C12H13N3O2/c1-9-6-13-14(7-9)8-11-3-4-12(15(16)17)10(2)5-11/h3-7H,8H2,1-2H3. The molecule has 0 unspecified atom stereocenters. The number of benzene rings is 1. The van der Waals surface area contributed by atoms with Gasteiger partial charge in [-0.2, -0.15) is 5.10 Å². The van der Waals surface area contributed by atoms with Gasteiger partial charge in [-0.15, -0.1) is 0 Å². The molecule has 17 heavy (non-hydrogen) atoms. The summed E-state index contributed by atoms with van der Waals surface area (Å²) in [5, 5.41) is 14.9. The van der Waals surface area contributed by atoms with Crippen LogP contribution in [0.5, 0.6) is 0 Å². The highest BCUT2D eigenvalue weighted by Crippen LogP contribution is 2.19. The second kappa shape index (κ2) is 4.37. The minimum Gasteiger partial charge on any atom is -0.268 e. The van der Waals surface area contributed by atoms with Gasteiger partial charge in [-0.25, -0.2) is 0 Å². The molecule has 0 saturated carbocycles. The molecular weight excluding hydrogens is 218 g/mol. The number of rotatable bonds is 3. The molecule has 0 atom stereocenters. The van der Waals surface area contributed by atoms with E-state index < -0.39 is 0 Å². The number of hydrogen-bond acceptors (Lipinski definition) is 3. The van der Waals surface area contributed by atoms with Crippen molar-refractivity contribution >= 4 is 5.69 Å². The molecule has 0 N–H and O–H groups in total. The Morgan fingerprint density at radius 3 is 2.71 bits per heavy atom. The molecule has 1 aromatic heterocycles. The average Bonchev–Trinajstić information content (AvgIpc) is 2.63. The lowest BCUT2D eigenvalue weighted by Crippen LogP contribution is -2.01. The maximum absolute atomic E-state index is 10.7. The van der Waals surface area contributed by atoms with Crippen LogP contribution in [0.15, 0.2) is 30.6 Å². The molecule has 0 fully saturated rings. The smallest absolute Gasteiger partial charge is 0.268 e. The van der Waals surface area contributed by atoms with Crippen LogP contribution in [0.2, 0.25) is 0 Å². The van der Waals surface area contributed by atoms with Crippen LogP contribution in [-0.2, 0) is 6.54 Å². The molecule has 0 saturated heterocycles. The van der Waals surface area contributed by atoms with Gasteiger partial charge in [-0.1, -0.05) is 6.07 Å². The zero-order chi connectivity index (χ0) is 12.4. The third-order valence-corrected chi connectivity index (χ3v) is 2.56. The Bertz CT molecular complexity index is 561. The molecule has 1 heterocycles. The topological polar surface area (TPSA) is 61.0 Å². The van der Waals surface area contributed by atoms with Gasteiger partial charge in [0.1, 0.15) is 0 Å². The van der Waals surface area contributed by atoms with Crippen molar-refractivity contribution < 1.29 is 4.92 Å². The van der Waals surface area contributed by atoms with E-state index in [1.807, 2.05) is 23.9 Å². The van der Waals surface area contributed by atoms with Gasteiger partial charge in [-0.05, 0) is 31.0 Å². The first-order valence-electron chi connectivity index (χ1n) is 5.29. The summed E-state index contributed by atoms with van der Waals surface area (Å²) in [7, 11) is 0. The molecule has 5 heteroatoms. The molecule has 0 radical (unpaired) electrons. The summed E-state index contributed by atoms with van der Waals surface area (Å²) in [4.78, 5) is 10.3. The van der Waals surface area contributed by atoms with Gasteiger partial charge < -0.3 is 0 Å². The van der Waals surface area contributed by atoms with Crippen LogP contribution in [0, 0.1) is 24.0 Å². The number of nitro benzene ring substituents is 1. The van der Waals surface area contributed by atoms with Crippen LogP contribution in [0.25, 0.3) is 0 Å². The highest BCUT2D eigenvalue weighted by molar-refractivity contribution is 5.41. The summed E-state index contributed by atoms with van der Waals surface area (Å²) in [5.74, 6) is 0. The summed E-state index contributed by atoms with van der Waals surface area (Å²) in [6, 6.07) is 5.14. The van der Waals surface area contributed by atoms with E-state index in [4.69, 9.17) is 0 Å². The first-order chi connectivity index (χ1) is 8.06. The van der Waals surface area contributed by atoms with E-state index in [1.165, 1.54) is 0 Å². The monoisotopic (exact) mass is 231 g/mol. The van der Waals surface area contributed by atoms with Crippen molar-refractivity contribution in [3.8, 4) is 0 Å². The number of aromatic nitrogens is 2. The van der Waals surface area contributed by atoms with E-state index in [0.717, 1.165) is 11.1 Å². The van der Waals surface area contributed by atoms with Crippen LogP contribution in [0.1, 0.15) is 16.7 Å². The summed E-state index contributed by atoms with van der Waals surface area (Å²) >= 11 is 0. The van der Waals surface area contributed by atoms with Gasteiger partial charge in [0, 0.05) is 17.8 Å². The molecule has 2 aromatic rings. The molecule has 0 aliphatic carbocycles. The van der Waals surface area contributed by atoms with E-state index in [0.29, 0.717) is 12.1 Å². The van der Waals surface area contributed by atoms with E-state index in [9.17, 15) is 10.1 Å². The Labute approximate surface area is 98.8 Å². The van der Waals surface area contributed by atoms with Crippen LogP contribution >= 0.6 is 0 Å². The van der Waals surface area contributed by atoms with Crippen LogP contribution in [0.3, 0.4) is 0 Å². The highest BCUT2D eigenvalue weighted by Gasteiger charge is 2.10. The van der Waals surface area contributed by atoms with Gasteiger partial charge in [0.15, 0.2) is 0 Å². The lowest BCUT2D eigenvalue weighted by Gasteiger charge is -2.03. The Morgan fingerprint density at radius 2 is 2.18 bits per heavy atom. The fourth-order valence-corrected chi connectivity index (χ4v) is 1.76. The van der Waals surface area contributed by atoms with Crippen molar-refractivity contribution in [2.75, 3.05) is 0 Å². The molecular formula is C12H13N3O2. The SMILES string of the molecule is Cc1cnn(Cc2ccc([N+](=O)[O-])c(C)c2)c1. The molecule has 1 aromatic carbocycles. The largest absolute Gasteiger partial charge is 0.272 e. The lowest BCUT2D eigenvalue weighted by atomic mass is 10.1. The molecule has 88 valence electrons. The predicted octanol–water partition coefficient (Wildman–Crippen LogP) is 2.46. The Balaban J connectivity index is 2.23. The van der Waals surface area contributed by atoms with E-state index in [-0.39, 0.29) is 10.6 Å². The zero-order valence-electron chi connectivity index (χ0n) is 9.75. The second-order valence-corrected chi connectivity index (χ2v) is 4.09. The summed E-state index contributed by atoms with van der Waals surface area (Å²) in [6.07, 6.45) is 3.73. The normalized spacial score (nSPS) is 10.5. The number of aryl methyl sites for hydroxylation is 2. The number of hydrogen-bond donors (Lipinski definition) is 0. The van der Waals surface area contributed by atoms with Crippen molar-refractivity contribution in [3.63, 3.8) is 0 Å². The third kappa shape index (κ3) is 2.50. The minimum atomic E-state index is -0.364. The minimum absolute atomic E-state index is 0.158. The van der Waals surface area contributed by atoms with Crippen LogP contribution in [0.4, 0.5) is 5.69 Å². The first-order valence-corrected chi connectivity index (χ1v) is 5.29. The molecule has 2 rings (SSSR count). The Hall–Kier alpha value is -2.17. The molecule has 0 bridgehead atoms. The summed E-state index contributed by atoms with van der Waals surface area (Å²) < 4.78 is 1.82. The van der Waals surface area contributed by atoms with Gasteiger partial charge in [0.05, 0.1) is 17.7 Å². The van der Waals surface area contributed by atoms with E-state index >= 15 is 0 Å². The van der Waals surface area contributed by atoms with Crippen molar-refractivity contribution in [1.82, 2.24) is 9.78 Å². The summed E-state index contributed by atoms with van der Waals surface area (Å²) in [5.41, 5.74) is 2.95. The zero-order valence-corrected chi connectivity index (χ0v) is 9.75. The molecule has 0 amide bonds. The van der Waals surface area contributed by atoms with Gasteiger partial charge in [0.25, 0.3) is 5.69 Å². The molecule has 0 spiro atoms. The molecule has 0 aliphatic heterocycles. The van der Waals surface area contributed by atoms with Crippen LogP contribution < -0.4 is 0 Å². The molecule has 5 nitrogen and oxygen atoms in total. The second-order valence-electron chi connectivity index (χ2n) is 4.09. The fourth-order valence-electron chi connectivity index (χ4n) is 1.76. The Kier molecular flexibility index (Phi) is 2.91. The third-order valence-electron chi connectivity index (χ3n) is 2.56. The highest BCUT2D eigenvalue weighted by atomic mass is 16.6. The van der Waals surface area contributed by atoms with Crippen LogP contribution in [-0.4, -0.2) is 14.7 Å². The van der Waals surface area contributed by atoms with E-state index in [1.54, 1.807) is 25.3 Å². The summed E-state index contributed by atoms with van der Waals surface area (Å²) in [6.45, 7) is 4.35. The molecule has 0 aliphatic rings. The van der Waals surface area contributed by atoms with Gasteiger partial charge in [0.2, 0.25) is 0 Å². The van der Waals surface area contributed by atoms with Gasteiger partial charge >= 0.3 is 0 Å². The Morgan fingerprint density at radius 1 is 1.41 bits per heavy atom. The predicted molar refractivity (Wildman–Crippen MR) is 63.9 cm³/mol. The average molecular weight is 231 g/mol. The number of nitro groups is 1. The fraction of sp³-hybridized carbons (Fsp3) is 0.250. The van der Waals surface area contributed by atoms with Gasteiger partial charge in [-0.3, -0.25) is 14.8 Å². The van der Waals surface area contributed by atoms with Crippen molar-refractivity contribution in [2.45, 2.75) is 20.4 Å². The van der Waals surface area contributed by atoms with E-state index in [2.05, 4.69) is 5.10 Å². The lowest BCUT2D eigenvalue weighted by molar-refractivity contribution is -0.385. The van der Waals surface area contributed by atoms with Crippen molar-refractivity contribution in [1.29, 1.82) is 0 Å². The maximum atomic E-state index is 10.7. The first kappa shape index (κ1) is 11.3. The quantitative estimate of drug-likeness (QED) is 0.602.